The van der Waals surface area contributed by atoms with E-state index in [1.54, 1.807) is 6.07 Å². The highest BCUT2D eigenvalue weighted by Gasteiger charge is 2.16. The third-order valence-corrected chi connectivity index (χ3v) is 4.18. The molecule has 2 rings (SSSR count). The van der Waals surface area contributed by atoms with Crippen molar-refractivity contribution in [3.8, 4) is 0 Å². The normalized spacial score (nSPS) is 17.2. The molecule has 0 atom stereocenters. The SMILES string of the molecule is Cc1cc(F)ccc1CC(=O)CC1CCCCCC1. The molecule has 1 saturated carbocycles. The van der Waals surface area contributed by atoms with Gasteiger partial charge in [0.15, 0.2) is 0 Å². The lowest BCUT2D eigenvalue weighted by Crippen LogP contribution is -2.11. The first-order valence-corrected chi connectivity index (χ1v) is 7.42. The maximum absolute atomic E-state index is 13.0. The second-order valence-electron chi connectivity index (χ2n) is 5.85. The lowest BCUT2D eigenvalue weighted by atomic mass is 9.91. The van der Waals surface area contributed by atoms with Gasteiger partial charge >= 0.3 is 0 Å². The fourth-order valence-electron chi connectivity index (χ4n) is 3.03. The quantitative estimate of drug-likeness (QED) is 0.724. The Morgan fingerprint density at radius 3 is 2.53 bits per heavy atom. The van der Waals surface area contributed by atoms with Crippen molar-refractivity contribution in [2.75, 3.05) is 0 Å². The largest absolute Gasteiger partial charge is 0.299 e. The van der Waals surface area contributed by atoms with Gasteiger partial charge in [0.05, 0.1) is 0 Å². The number of halogens is 1. The monoisotopic (exact) mass is 262 g/mol. The van der Waals surface area contributed by atoms with E-state index in [1.807, 2.05) is 6.92 Å². The zero-order chi connectivity index (χ0) is 13.7. The summed E-state index contributed by atoms with van der Waals surface area (Å²) in [7, 11) is 0. The second-order valence-corrected chi connectivity index (χ2v) is 5.85. The lowest BCUT2D eigenvalue weighted by molar-refractivity contribution is -0.119. The van der Waals surface area contributed by atoms with E-state index in [-0.39, 0.29) is 5.82 Å². The number of aryl methyl sites for hydroxylation is 1. The molecule has 1 aliphatic carbocycles. The average molecular weight is 262 g/mol. The predicted molar refractivity (Wildman–Crippen MR) is 75.7 cm³/mol. The summed E-state index contributed by atoms with van der Waals surface area (Å²) in [6, 6.07) is 4.70. The minimum absolute atomic E-state index is 0.225. The van der Waals surface area contributed by atoms with Crippen LogP contribution < -0.4 is 0 Å². The molecule has 1 aromatic rings. The smallest absolute Gasteiger partial charge is 0.137 e. The number of carbonyl (C=O) groups is 1. The topological polar surface area (TPSA) is 17.1 Å². The minimum atomic E-state index is -0.225. The summed E-state index contributed by atoms with van der Waals surface area (Å²) in [6.45, 7) is 1.87. The van der Waals surface area contributed by atoms with Crippen molar-refractivity contribution in [1.82, 2.24) is 0 Å². The van der Waals surface area contributed by atoms with Gasteiger partial charge in [-0.2, -0.15) is 0 Å². The van der Waals surface area contributed by atoms with Crippen LogP contribution in [0.4, 0.5) is 4.39 Å². The van der Waals surface area contributed by atoms with Crippen molar-refractivity contribution in [1.29, 1.82) is 0 Å². The molecular weight excluding hydrogens is 239 g/mol. The summed E-state index contributed by atoms with van der Waals surface area (Å²) in [5.74, 6) is 0.662. The molecule has 1 aromatic carbocycles. The van der Waals surface area contributed by atoms with Crippen LogP contribution in [-0.2, 0) is 11.2 Å². The summed E-state index contributed by atoms with van der Waals surface area (Å²) >= 11 is 0. The number of hydrogen-bond acceptors (Lipinski definition) is 1. The summed E-state index contributed by atoms with van der Waals surface area (Å²) < 4.78 is 13.0. The van der Waals surface area contributed by atoms with Crippen molar-refractivity contribution in [2.45, 2.75) is 58.3 Å². The minimum Gasteiger partial charge on any atom is -0.299 e. The highest BCUT2D eigenvalue weighted by molar-refractivity contribution is 5.81. The van der Waals surface area contributed by atoms with E-state index in [0.29, 0.717) is 24.5 Å². The third-order valence-electron chi connectivity index (χ3n) is 4.18. The van der Waals surface area contributed by atoms with E-state index in [9.17, 15) is 9.18 Å². The van der Waals surface area contributed by atoms with Crippen molar-refractivity contribution >= 4 is 5.78 Å². The van der Waals surface area contributed by atoms with Gasteiger partial charge in [-0.25, -0.2) is 4.39 Å². The Balaban J connectivity index is 1.89. The van der Waals surface area contributed by atoms with Gasteiger partial charge in [0.2, 0.25) is 0 Å². The predicted octanol–water partition coefficient (Wildman–Crippen LogP) is 4.61. The van der Waals surface area contributed by atoms with Gasteiger partial charge in [0.1, 0.15) is 11.6 Å². The van der Waals surface area contributed by atoms with Crippen molar-refractivity contribution in [2.24, 2.45) is 5.92 Å². The molecule has 0 aromatic heterocycles. The standard InChI is InChI=1S/C17H23FO/c1-13-10-16(18)9-8-15(13)12-17(19)11-14-6-4-2-3-5-7-14/h8-10,14H,2-7,11-12H2,1H3. The van der Waals surface area contributed by atoms with Crippen molar-refractivity contribution in [3.05, 3.63) is 35.1 Å². The molecular formula is C17H23FO. The number of Topliss-reactive ketones (excluding diaryl/α,β-unsaturated/α-hetero) is 1. The zero-order valence-corrected chi connectivity index (χ0v) is 11.8. The Bertz CT molecular complexity index is 431. The maximum atomic E-state index is 13.0. The Hall–Kier alpha value is -1.18. The van der Waals surface area contributed by atoms with Crippen LogP contribution >= 0.6 is 0 Å². The number of carbonyl (C=O) groups excluding carboxylic acids is 1. The molecule has 0 spiro atoms. The van der Waals surface area contributed by atoms with Crippen LogP contribution in [0.25, 0.3) is 0 Å². The van der Waals surface area contributed by atoms with Gasteiger partial charge in [-0.05, 0) is 36.1 Å². The van der Waals surface area contributed by atoms with Crippen LogP contribution in [0.15, 0.2) is 18.2 Å². The molecule has 0 aliphatic heterocycles. The first-order chi connectivity index (χ1) is 9.15. The molecule has 0 bridgehead atoms. The average Bonchev–Trinajstić information content (AvgIpc) is 2.61. The van der Waals surface area contributed by atoms with Crippen LogP contribution in [0.5, 0.6) is 0 Å². The first kappa shape index (κ1) is 14.2. The van der Waals surface area contributed by atoms with Crippen LogP contribution in [0.3, 0.4) is 0 Å². The fourth-order valence-corrected chi connectivity index (χ4v) is 3.03. The number of hydrogen-bond donors (Lipinski definition) is 0. The molecule has 0 radical (unpaired) electrons. The van der Waals surface area contributed by atoms with E-state index in [1.165, 1.54) is 50.7 Å². The second kappa shape index (κ2) is 6.83. The van der Waals surface area contributed by atoms with E-state index in [4.69, 9.17) is 0 Å². The summed E-state index contributed by atoms with van der Waals surface area (Å²) in [5, 5.41) is 0. The number of ketones is 1. The maximum Gasteiger partial charge on any atom is 0.137 e. The van der Waals surface area contributed by atoms with E-state index < -0.39 is 0 Å². The molecule has 0 heterocycles. The van der Waals surface area contributed by atoms with Crippen molar-refractivity contribution in [3.63, 3.8) is 0 Å². The molecule has 1 aliphatic rings. The molecule has 0 unspecified atom stereocenters. The van der Waals surface area contributed by atoms with Gasteiger partial charge in [0, 0.05) is 12.8 Å². The zero-order valence-electron chi connectivity index (χ0n) is 11.8. The van der Waals surface area contributed by atoms with E-state index in [0.717, 1.165) is 11.1 Å². The lowest BCUT2D eigenvalue weighted by Gasteiger charge is -2.13. The molecule has 0 N–H and O–H groups in total. The number of rotatable bonds is 4. The number of benzene rings is 1. The van der Waals surface area contributed by atoms with Crippen LogP contribution in [0.1, 0.15) is 56.1 Å². The highest BCUT2D eigenvalue weighted by Crippen LogP contribution is 2.26. The van der Waals surface area contributed by atoms with Gasteiger partial charge in [-0.1, -0.05) is 44.6 Å². The third kappa shape index (κ3) is 4.45. The molecule has 1 fully saturated rings. The van der Waals surface area contributed by atoms with Gasteiger partial charge in [-0.15, -0.1) is 0 Å². The molecule has 104 valence electrons. The highest BCUT2D eigenvalue weighted by atomic mass is 19.1. The summed E-state index contributed by atoms with van der Waals surface area (Å²) in [6.07, 6.45) is 8.76. The molecule has 2 heteroatoms. The molecule has 1 nitrogen and oxygen atoms in total. The van der Waals surface area contributed by atoms with Crippen LogP contribution in [0, 0.1) is 18.7 Å². The van der Waals surface area contributed by atoms with E-state index in [2.05, 4.69) is 0 Å². The fraction of sp³-hybridized carbons (Fsp3) is 0.588. The van der Waals surface area contributed by atoms with Crippen LogP contribution in [-0.4, -0.2) is 5.78 Å². The van der Waals surface area contributed by atoms with Crippen molar-refractivity contribution < 1.29 is 9.18 Å². The molecule has 19 heavy (non-hydrogen) atoms. The molecule has 0 amide bonds. The Morgan fingerprint density at radius 1 is 1.21 bits per heavy atom. The van der Waals surface area contributed by atoms with Gasteiger partial charge in [-0.3, -0.25) is 4.79 Å². The van der Waals surface area contributed by atoms with E-state index >= 15 is 0 Å². The first-order valence-electron chi connectivity index (χ1n) is 7.42. The Kier molecular flexibility index (Phi) is 5.12. The molecule has 0 saturated heterocycles. The van der Waals surface area contributed by atoms with Crippen LogP contribution in [0.2, 0.25) is 0 Å². The Morgan fingerprint density at radius 2 is 1.89 bits per heavy atom. The summed E-state index contributed by atoms with van der Waals surface area (Å²) in [5.41, 5.74) is 1.86. The Labute approximate surface area is 115 Å². The summed E-state index contributed by atoms with van der Waals surface area (Å²) in [4.78, 5) is 12.1. The van der Waals surface area contributed by atoms with Gasteiger partial charge < -0.3 is 0 Å². The van der Waals surface area contributed by atoms with Gasteiger partial charge in [0.25, 0.3) is 0 Å².